The number of carboxylic acid groups (broad SMARTS) is 1. The molecule has 0 aliphatic heterocycles. The number of aromatic nitrogens is 1. The lowest BCUT2D eigenvalue weighted by molar-refractivity contribution is 0.0696. The molecule has 0 aliphatic rings. The molecule has 0 unspecified atom stereocenters. The fourth-order valence-electron chi connectivity index (χ4n) is 1.43. The van der Waals surface area contributed by atoms with Crippen molar-refractivity contribution in [2.24, 2.45) is 0 Å². The molecule has 20 heavy (non-hydrogen) atoms. The molecule has 1 aromatic heterocycles. The number of amides is 1. The van der Waals surface area contributed by atoms with Gasteiger partial charge in [0.1, 0.15) is 11.6 Å². The maximum Gasteiger partial charge on any atom is 0.337 e. The summed E-state index contributed by atoms with van der Waals surface area (Å²) in [4.78, 5) is 26.4. The highest BCUT2D eigenvalue weighted by Crippen LogP contribution is 2.23. The van der Waals surface area contributed by atoms with Crippen LogP contribution in [0.3, 0.4) is 0 Å². The lowest BCUT2D eigenvalue weighted by atomic mass is 10.2. The van der Waals surface area contributed by atoms with Crippen molar-refractivity contribution in [3.63, 3.8) is 0 Å². The zero-order chi connectivity index (χ0) is 14.7. The first-order valence-corrected chi connectivity index (χ1v) is 5.84. The number of carboxylic acids is 1. The van der Waals surface area contributed by atoms with E-state index in [9.17, 15) is 14.7 Å². The van der Waals surface area contributed by atoms with Crippen LogP contribution in [0, 0.1) is 0 Å². The standard InChI is InChI=1S/C13H9ClN2O4/c14-9-5-7(1-3-10(9)17)12(18)16-11-4-2-8(6-15-11)13(19)20/h1-6,17H,(H,19,20)(H,15,16,18). The fourth-order valence-corrected chi connectivity index (χ4v) is 1.61. The van der Waals surface area contributed by atoms with E-state index in [1.54, 1.807) is 0 Å². The highest BCUT2D eigenvalue weighted by atomic mass is 35.5. The van der Waals surface area contributed by atoms with Gasteiger partial charge in [0.2, 0.25) is 0 Å². The smallest absolute Gasteiger partial charge is 0.337 e. The average molecular weight is 293 g/mol. The van der Waals surface area contributed by atoms with Gasteiger partial charge in [0.25, 0.3) is 5.91 Å². The molecule has 2 rings (SSSR count). The van der Waals surface area contributed by atoms with E-state index in [-0.39, 0.29) is 27.7 Å². The zero-order valence-electron chi connectivity index (χ0n) is 10.0. The van der Waals surface area contributed by atoms with Crippen molar-refractivity contribution < 1.29 is 19.8 Å². The molecule has 0 bridgehead atoms. The summed E-state index contributed by atoms with van der Waals surface area (Å²) in [6.07, 6.45) is 1.14. The van der Waals surface area contributed by atoms with Crippen LogP contribution in [-0.2, 0) is 0 Å². The van der Waals surface area contributed by atoms with E-state index in [1.165, 1.54) is 30.3 Å². The number of rotatable bonds is 3. The van der Waals surface area contributed by atoms with E-state index in [1.807, 2.05) is 0 Å². The third-order valence-electron chi connectivity index (χ3n) is 2.46. The third kappa shape index (κ3) is 3.04. The van der Waals surface area contributed by atoms with Crippen LogP contribution in [0.1, 0.15) is 20.7 Å². The number of nitrogens with one attached hydrogen (secondary N) is 1. The van der Waals surface area contributed by atoms with Crippen LogP contribution in [0.15, 0.2) is 36.5 Å². The van der Waals surface area contributed by atoms with Crippen LogP contribution >= 0.6 is 11.6 Å². The Balaban J connectivity index is 2.14. The van der Waals surface area contributed by atoms with Gasteiger partial charge in [-0.15, -0.1) is 0 Å². The molecule has 2 aromatic rings. The number of hydrogen-bond donors (Lipinski definition) is 3. The number of carbonyl (C=O) groups is 2. The molecular weight excluding hydrogens is 284 g/mol. The minimum Gasteiger partial charge on any atom is -0.506 e. The summed E-state index contributed by atoms with van der Waals surface area (Å²) in [6, 6.07) is 6.73. The minimum absolute atomic E-state index is 0.0238. The summed E-state index contributed by atoms with van der Waals surface area (Å²) >= 11 is 5.71. The van der Waals surface area contributed by atoms with E-state index < -0.39 is 11.9 Å². The number of nitrogens with zero attached hydrogens (tertiary/aromatic N) is 1. The Labute approximate surface area is 118 Å². The van der Waals surface area contributed by atoms with Crippen LogP contribution in [-0.4, -0.2) is 27.1 Å². The number of aromatic hydroxyl groups is 1. The minimum atomic E-state index is -1.10. The number of pyridine rings is 1. The van der Waals surface area contributed by atoms with E-state index >= 15 is 0 Å². The first-order chi connectivity index (χ1) is 9.47. The molecule has 0 atom stereocenters. The summed E-state index contributed by atoms with van der Waals surface area (Å²) < 4.78 is 0. The normalized spacial score (nSPS) is 10.1. The lowest BCUT2D eigenvalue weighted by Crippen LogP contribution is -2.13. The lowest BCUT2D eigenvalue weighted by Gasteiger charge is -2.05. The third-order valence-corrected chi connectivity index (χ3v) is 2.76. The summed E-state index contributed by atoms with van der Waals surface area (Å²) in [7, 11) is 0. The van der Waals surface area contributed by atoms with E-state index in [0.29, 0.717) is 0 Å². The number of hydrogen-bond acceptors (Lipinski definition) is 4. The first-order valence-electron chi connectivity index (χ1n) is 5.46. The molecule has 0 spiro atoms. The van der Waals surface area contributed by atoms with Crippen molar-refractivity contribution >= 4 is 29.3 Å². The molecule has 0 saturated heterocycles. The second-order valence-corrected chi connectivity index (χ2v) is 4.26. The summed E-state index contributed by atoms with van der Waals surface area (Å²) in [5.41, 5.74) is 0.271. The van der Waals surface area contributed by atoms with Gasteiger partial charge in [-0.2, -0.15) is 0 Å². The van der Waals surface area contributed by atoms with Gasteiger partial charge < -0.3 is 15.5 Å². The molecule has 1 amide bonds. The maximum atomic E-state index is 11.9. The average Bonchev–Trinajstić information content (AvgIpc) is 2.42. The van der Waals surface area contributed by atoms with Gasteiger partial charge in [-0.1, -0.05) is 11.6 Å². The zero-order valence-corrected chi connectivity index (χ0v) is 10.8. The van der Waals surface area contributed by atoms with Crippen LogP contribution in [0.2, 0.25) is 5.02 Å². The van der Waals surface area contributed by atoms with Crippen molar-refractivity contribution in [2.75, 3.05) is 5.32 Å². The number of benzene rings is 1. The van der Waals surface area contributed by atoms with Gasteiger partial charge in [-0.25, -0.2) is 9.78 Å². The molecule has 0 fully saturated rings. The molecule has 1 aromatic carbocycles. The van der Waals surface area contributed by atoms with Crippen LogP contribution in [0.25, 0.3) is 0 Å². The predicted octanol–water partition coefficient (Wildman–Crippen LogP) is 2.39. The molecule has 3 N–H and O–H groups in total. The van der Waals surface area contributed by atoms with Crippen LogP contribution in [0.4, 0.5) is 5.82 Å². The SMILES string of the molecule is O=C(O)c1ccc(NC(=O)c2ccc(O)c(Cl)c2)nc1. The highest BCUT2D eigenvalue weighted by Gasteiger charge is 2.10. The predicted molar refractivity (Wildman–Crippen MR) is 72.3 cm³/mol. The van der Waals surface area contributed by atoms with Gasteiger partial charge in [0, 0.05) is 11.8 Å². The topological polar surface area (TPSA) is 99.5 Å². The monoisotopic (exact) mass is 292 g/mol. The van der Waals surface area contributed by atoms with Gasteiger partial charge in [-0.05, 0) is 30.3 Å². The largest absolute Gasteiger partial charge is 0.506 e. The number of phenols is 1. The molecular formula is C13H9ClN2O4. The van der Waals surface area contributed by atoms with Crippen molar-refractivity contribution in [2.45, 2.75) is 0 Å². The quantitative estimate of drug-likeness (QED) is 0.806. The second-order valence-electron chi connectivity index (χ2n) is 3.86. The maximum absolute atomic E-state index is 11.9. The van der Waals surface area contributed by atoms with E-state index in [0.717, 1.165) is 6.20 Å². The summed E-state index contributed by atoms with van der Waals surface area (Å²) in [5.74, 6) is -1.47. The van der Waals surface area contributed by atoms with Gasteiger partial charge in [0.15, 0.2) is 0 Å². The molecule has 102 valence electrons. The Morgan fingerprint density at radius 3 is 2.40 bits per heavy atom. The van der Waals surface area contributed by atoms with Crippen LogP contribution in [0.5, 0.6) is 5.75 Å². The summed E-state index contributed by atoms with van der Waals surface area (Å²) in [5, 5.41) is 20.5. The number of carbonyl (C=O) groups excluding carboxylic acids is 1. The Bertz CT molecular complexity index is 671. The number of aromatic carboxylic acids is 1. The Kier molecular flexibility index (Phi) is 3.86. The Morgan fingerprint density at radius 1 is 1.15 bits per heavy atom. The molecule has 7 heteroatoms. The molecule has 6 nitrogen and oxygen atoms in total. The fraction of sp³-hybridized carbons (Fsp3) is 0. The Morgan fingerprint density at radius 2 is 1.85 bits per heavy atom. The van der Waals surface area contributed by atoms with Gasteiger partial charge >= 0.3 is 5.97 Å². The van der Waals surface area contributed by atoms with Crippen molar-refractivity contribution in [3.05, 3.63) is 52.7 Å². The van der Waals surface area contributed by atoms with Gasteiger partial charge in [-0.3, -0.25) is 4.79 Å². The van der Waals surface area contributed by atoms with Gasteiger partial charge in [0.05, 0.1) is 10.6 Å². The second kappa shape index (κ2) is 5.58. The van der Waals surface area contributed by atoms with Crippen molar-refractivity contribution in [1.82, 2.24) is 4.98 Å². The van der Waals surface area contributed by atoms with Crippen molar-refractivity contribution in [1.29, 1.82) is 0 Å². The Hall–Kier alpha value is -2.60. The van der Waals surface area contributed by atoms with Crippen molar-refractivity contribution in [3.8, 4) is 5.75 Å². The molecule has 1 heterocycles. The number of halogens is 1. The molecule has 0 aliphatic carbocycles. The summed E-state index contributed by atoms with van der Waals surface area (Å²) in [6.45, 7) is 0. The number of phenolic OH excluding ortho intramolecular Hbond substituents is 1. The van der Waals surface area contributed by atoms with E-state index in [2.05, 4.69) is 10.3 Å². The number of anilines is 1. The van der Waals surface area contributed by atoms with Crippen LogP contribution < -0.4 is 5.32 Å². The van der Waals surface area contributed by atoms with E-state index in [4.69, 9.17) is 16.7 Å². The molecule has 0 radical (unpaired) electrons. The first kappa shape index (κ1) is 13.8. The molecule has 0 saturated carbocycles. The highest BCUT2D eigenvalue weighted by molar-refractivity contribution is 6.32.